The van der Waals surface area contributed by atoms with Crippen molar-refractivity contribution in [3.05, 3.63) is 63.8 Å². The van der Waals surface area contributed by atoms with Crippen LogP contribution >= 0.6 is 0 Å². The Balaban J connectivity index is 1.68. The topological polar surface area (TPSA) is 79.8 Å². The molecule has 124 valence electrons. The van der Waals surface area contributed by atoms with E-state index in [9.17, 15) is 9.59 Å². The number of amides is 1. The van der Waals surface area contributed by atoms with Gasteiger partial charge in [-0.15, -0.1) is 0 Å². The number of aromatic nitrogens is 3. The highest BCUT2D eigenvalue weighted by Gasteiger charge is 2.12. The number of carbonyl (C=O) groups excluding carboxylic acids is 1. The zero-order valence-corrected chi connectivity index (χ0v) is 13.8. The van der Waals surface area contributed by atoms with Crippen molar-refractivity contribution < 1.29 is 4.79 Å². The number of rotatable bonds is 5. The molecule has 0 radical (unpaired) electrons. The molecule has 0 fully saturated rings. The molecule has 0 saturated heterocycles. The molecular weight excluding hydrogens is 304 g/mol. The third-order valence-electron chi connectivity index (χ3n) is 4.11. The molecule has 0 aliphatic rings. The summed E-state index contributed by atoms with van der Waals surface area (Å²) in [5.41, 5.74) is 3.01. The van der Waals surface area contributed by atoms with Crippen LogP contribution in [-0.2, 0) is 19.9 Å². The summed E-state index contributed by atoms with van der Waals surface area (Å²) in [6.07, 6.45) is 1.24. The number of nitrogens with one attached hydrogen (secondary N) is 2. The molecule has 0 bridgehead atoms. The molecular formula is C18H20N4O2. The van der Waals surface area contributed by atoms with Crippen LogP contribution in [0.1, 0.15) is 28.8 Å². The molecule has 2 N–H and O–H groups in total. The van der Waals surface area contributed by atoms with Crippen molar-refractivity contribution in [2.75, 3.05) is 6.54 Å². The monoisotopic (exact) mass is 324 g/mol. The van der Waals surface area contributed by atoms with E-state index in [0.717, 1.165) is 16.9 Å². The average Bonchev–Trinajstić information content (AvgIpc) is 2.91. The van der Waals surface area contributed by atoms with Gasteiger partial charge in [0.1, 0.15) is 5.82 Å². The van der Waals surface area contributed by atoms with Gasteiger partial charge in [-0.2, -0.15) is 0 Å². The molecule has 0 unspecified atom stereocenters. The largest absolute Gasteiger partial charge is 0.352 e. The number of hydrogen-bond acceptors (Lipinski definition) is 3. The van der Waals surface area contributed by atoms with Crippen LogP contribution in [0.3, 0.4) is 0 Å². The van der Waals surface area contributed by atoms with Crippen molar-refractivity contribution in [1.29, 1.82) is 0 Å². The standard InChI is InChI=1S/C18H20N4O2/c1-3-13-12(8-9-17(23)21-13)18(24)19-11-10-16-20-14-6-4-5-7-15(14)22(16)2/h4-9H,3,10-11H2,1-2H3,(H,19,24)(H,21,23). The first-order valence-electron chi connectivity index (χ1n) is 8.01. The second-order valence-electron chi connectivity index (χ2n) is 5.65. The van der Waals surface area contributed by atoms with Gasteiger partial charge in [-0.25, -0.2) is 4.98 Å². The normalized spacial score (nSPS) is 10.9. The number of carbonyl (C=O) groups is 1. The van der Waals surface area contributed by atoms with E-state index in [4.69, 9.17) is 0 Å². The fourth-order valence-electron chi connectivity index (χ4n) is 2.81. The quantitative estimate of drug-likeness (QED) is 0.751. The fraction of sp³-hybridized carbons (Fsp3) is 0.278. The number of nitrogens with zero attached hydrogens (tertiary/aromatic N) is 2. The highest BCUT2D eigenvalue weighted by molar-refractivity contribution is 5.95. The maximum absolute atomic E-state index is 12.3. The Morgan fingerprint density at radius 2 is 2.04 bits per heavy atom. The Morgan fingerprint density at radius 1 is 1.25 bits per heavy atom. The van der Waals surface area contributed by atoms with Gasteiger partial charge in [0.05, 0.1) is 16.6 Å². The van der Waals surface area contributed by atoms with Crippen LogP contribution in [-0.4, -0.2) is 27.0 Å². The van der Waals surface area contributed by atoms with Gasteiger partial charge in [0, 0.05) is 31.8 Å². The minimum atomic E-state index is -0.192. The van der Waals surface area contributed by atoms with Crippen molar-refractivity contribution in [3.63, 3.8) is 0 Å². The fourth-order valence-corrected chi connectivity index (χ4v) is 2.81. The van der Waals surface area contributed by atoms with Crippen LogP contribution in [0, 0.1) is 0 Å². The van der Waals surface area contributed by atoms with Crippen LogP contribution in [0.2, 0.25) is 0 Å². The highest BCUT2D eigenvalue weighted by atomic mass is 16.1. The molecule has 0 aliphatic heterocycles. The molecule has 0 aliphatic carbocycles. The summed E-state index contributed by atoms with van der Waals surface area (Å²) in [5.74, 6) is 0.746. The predicted octanol–water partition coefficient (Wildman–Crippen LogP) is 1.80. The third-order valence-corrected chi connectivity index (χ3v) is 4.11. The van der Waals surface area contributed by atoms with Crippen LogP contribution < -0.4 is 10.9 Å². The Bertz CT molecular complexity index is 940. The molecule has 2 heterocycles. The molecule has 3 aromatic rings. The summed E-state index contributed by atoms with van der Waals surface area (Å²) in [7, 11) is 1.98. The maximum Gasteiger partial charge on any atom is 0.253 e. The van der Waals surface area contributed by atoms with Gasteiger partial charge in [0.2, 0.25) is 5.56 Å². The van der Waals surface area contributed by atoms with Crippen molar-refractivity contribution in [1.82, 2.24) is 19.9 Å². The van der Waals surface area contributed by atoms with Gasteiger partial charge in [0.15, 0.2) is 0 Å². The number of hydrogen-bond donors (Lipinski definition) is 2. The molecule has 6 heteroatoms. The Labute approximate surface area is 139 Å². The number of pyridine rings is 1. The van der Waals surface area contributed by atoms with E-state index < -0.39 is 0 Å². The summed E-state index contributed by atoms with van der Waals surface area (Å²) in [6.45, 7) is 2.39. The van der Waals surface area contributed by atoms with Gasteiger partial charge < -0.3 is 14.9 Å². The third kappa shape index (κ3) is 3.08. The van der Waals surface area contributed by atoms with Crippen molar-refractivity contribution in [2.24, 2.45) is 7.05 Å². The number of aromatic amines is 1. The number of H-pyrrole nitrogens is 1. The van der Waals surface area contributed by atoms with Gasteiger partial charge >= 0.3 is 0 Å². The molecule has 0 atom stereocenters. The molecule has 3 rings (SSSR count). The minimum Gasteiger partial charge on any atom is -0.352 e. The van der Waals surface area contributed by atoms with Gasteiger partial charge in [-0.1, -0.05) is 19.1 Å². The zero-order chi connectivity index (χ0) is 17.1. The predicted molar refractivity (Wildman–Crippen MR) is 93.2 cm³/mol. The first-order valence-corrected chi connectivity index (χ1v) is 8.01. The number of para-hydroxylation sites is 2. The summed E-state index contributed by atoms with van der Waals surface area (Å²) >= 11 is 0. The lowest BCUT2D eigenvalue weighted by molar-refractivity contribution is 0.0952. The first kappa shape index (κ1) is 16.0. The lowest BCUT2D eigenvalue weighted by Crippen LogP contribution is -2.28. The van der Waals surface area contributed by atoms with Gasteiger partial charge in [-0.3, -0.25) is 9.59 Å². The smallest absolute Gasteiger partial charge is 0.253 e. The van der Waals surface area contributed by atoms with E-state index >= 15 is 0 Å². The molecule has 24 heavy (non-hydrogen) atoms. The summed E-state index contributed by atoms with van der Waals surface area (Å²) in [6, 6.07) is 10.9. The Morgan fingerprint density at radius 3 is 2.79 bits per heavy atom. The van der Waals surface area contributed by atoms with E-state index in [1.165, 1.54) is 6.07 Å². The number of aryl methyl sites for hydroxylation is 2. The molecule has 1 aromatic carbocycles. The lowest BCUT2D eigenvalue weighted by atomic mass is 10.1. The van der Waals surface area contributed by atoms with Crippen LogP contribution in [0.5, 0.6) is 0 Å². The number of fused-ring (bicyclic) bond motifs is 1. The number of imidazole rings is 1. The van der Waals surface area contributed by atoms with Crippen molar-refractivity contribution in [3.8, 4) is 0 Å². The number of benzene rings is 1. The van der Waals surface area contributed by atoms with Crippen LogP contribution in [0.25, 0.3) is 11.0 Å². The summed E-state index contributed by atoms with van der Waals surface area (Å²) in [5, 5.41) is 2.90. The van der Waals surface area contributed by atoms with Crippen molar-refractivity contribution >= 4 is 16.9 Å². The Hall–Kier alpha value is -2.89. The molecule has 2 aromatic heterocycles. The highest BCUT2D eigenvalue weighted by Crippen LogP contribution is 2.14. The average molecular weight is 324 g/mol. The molecule has 6 nitrogen and oxygen atoms in total. The van der Waals surface area contributed by atoms with E-state index in [1.807, 2.05) is 42.8 Å². The summed E-state index contributed by atoms with van der Waals surface area (Å²) < 4.78 is 2.04. The van der Waals surface area contributed by atoms with E-state index in [2.05, 4.69) is 15.3 Å². The second-order valence-corrected chi connectivity index (χ2v) is 5.65. The lowest BCUT2D eigenvalue weighted by Gasteiger charge is -2.08. The van der Waals surface area contributed by atoms with Crippen LogP contribution in [0.4, 0.5) is 0 Å². The maximum atomic E-state index is 12.3. The Kier molecular flexibility index (Phi) is 4.46. The van der Waals surface area contributed by atoms with Crippen LogP contribution in [0.15, 0.2) is 41.2 Å². The SMILES string of the molecule is CCc1[nH]c(=O)ccc1C(=O)NCCc1nc2ccccc2n1C. The molecule has 0 spiro atoms. The molecule has 0 saturated carbocycles. The second kappa shape index (κ2) is 6.70. The van der Waals surface area contributed by atoms with E-state index in [-0.39, 0.29) is 11.5 Å². The van der Waals surface area contributed by atoms with Gasteiger partial charge in [-0.05, 0) is 24.6 Å². The van der Waals surface area contributed by atoms with Crippen molar-refractivity contribution in [2.45, 2.75) is 19.8 Å². The minimum absolute atomic E-state index is 0.179. The van der Waals surface area contributed by atoms with Gasteiger partial charge in [0.25, 0.3) is 5.91 Å². The zero-order valence-electron chi connectivity index (χ0n) is 13.8. The van der Waals surface area contributed by atoms with E-state index in [1.54, 1.807) is 6.07 Å². The molecule has 1 amide bonds. The van der Waals surface area contributed by atoms with E-state index in [0.29, 0.717) is 30.6 Å². The summed E-state index contributed by atoms with van der Waals surface area (Å²) in [4.78, 5) is 31.0. The first-order chi connectivity index (χ1) is 11.6.